The number of hydrogen-bond donors (Lipinski definition) is 1. The lowest BCUT2D eigenvalue weighted by atomic mass is 9.97. The molecule has 1 aliphatic heterocycles. The number of nitrogens with one attached hydrogen (secondary N) is 1. The van der Waals surface area contributed by atoms with Gasteiger partial charge in [0.15, 0.2) is 0 Å². The number of ether oxygens (including phenoxy) is 1. The standard InChI is InChI=1S/C23H31N5O3/c1-16-18(21(29)25-11-5-10-24)6-7-20-19(16)15-28(26-20)14-17-8-12-27(13-9-17)22(30)31-23(2,3)4/h6-7,15,17H,5,8-9,11-14H2,1-4H3,(H,25,29). The minimum absolute atomic E-state index is 0.170. The third-order valence-electron chi connectivity index (χ3n) is 5.48. The van der Waals surface area contributed by atoms with Crippen molar-refractivity contribution in [1.82, 2.24) is 20.0 Å². The van der Waals surface area contributed by atoms with E-state index in [-0.39, 0.29) is 18.4 Å². The number of piperidine rings is 1. The van der Waals surface area contributed by atoms with E-state index in [4.69, 9.17) is 10.00 Å². The van der Waals surface area contributed by atoms with E-state index in [1.165, 1.54) is 0 Å². The molecule has 0 unspecified atom stereocenters. The number of carbonyl (C=O) groups is 2. The van der Waals surface area contributed by atoms with Crippen LogP contribution in [0.5, 0.6) is 0 Å². The molecule has 2 aromatic rings. The van der Waals surface area contributed by atoms with Crippen LogP contribution >= 0.6 is 0 Å². The van der Waals surface area contributed by atoms with E-state index in [0.29, 0.717) is 31.1 Å². The fraction of sp³-hybridized carbons (Fsp3) is 0.565. The average Bonchev–Trinajstić information content (AvgIpc) is 3.11. The molecule has 0 aliphatic carbocycles. The van der Waals surface area contributed by atoms with E-state index in [9.17, 15) is 9.59 Å². The SMILES string of the molecule is Cc1c(C(=O)NCCC#N)ccc2nn(CC3CCN(C(=O)OC(C)(C)C)CC3)cc12. The number of fused-ring (bicyclic) bond motifs is 1. The Morgan fingerprint density at radius 1 is 1.29 bits per heavy atom. The molecule has 31 heavy (non-hydrogen) atoms. The topological polar surface area (TPSA) is 100 Å². The highest BCUT2D eigenvalue weighted by Gasteiger charge is 2.27. The van der Waals surface area contributed by atoms with Crippen molar-refractivity contribution in [3.63, 3.8) is 0 Å². The first-order chi connectivity index (χ1) is 14.7. The van der Waals surface area contributed by atoms with Gasteiger partial charge in [0.05, 0.1) is 18.0 Å². The molecule has 0 saturated carbocycles. The van der Waals surface area contributed by atoms with Crippen LogP contribution in [0.15, 0.2) is 18.3 Å². The fourth-order valence-electron chi connectivity index (χ4n) is 3.84. The molecule has 1 saturated heterocycles. The van der Waals surface area contributed by atoms with E-state index in [1.54, 1.807) is 11.0 Å². The number of rotatable bonds is 5. The van der Waals surface area contributed by atoms with Crippen molar-refractivity contribution in [2.75, 3.05) is 19.6 Å². The monoisotopic (exact) mass is 425 g/mol. The van der Waals surface area contributed by atoms with Gasteiger partial charge in [0.25, 0.3) is 5.91 Å². The second-order valence-corrected chi connectivity index (χ2v) is 9.10. The molecule has 8 nitrogen and oxygen atoms in total. The summed E-state index contributed by atoms with van der Waals surface area (Å²) in [6, 6.07) is 5.67. The van der Waals surface area contributed by atoms with Gasteiger partial charge >= 0.3 is 6.09 Å². The quantitative estimate of drug-likeness (QED) is 0.737. The molecule has 166 valence electrons. The number of aromatic nitrogens is 2. The Kier molecular flexibility index (Phi) is 6.84. The van der Waals surface area contributed by atoms with Crippen LogP contribution in [0.25, 0.3) is 10.9 Å². The Balaban J connectivity index is 1.62. The molecule has 0 radical (unpaired) electrons. The Labute approximate surface area is 183 Å². The van der Waals surface area contributed by atoms with Gasteiger partial charge in [-0.2, -0.15) is 10.4 Å². The summed E-state index contributed by atoms with van der Waals surface area (Å²) >= 11 is 0. The largest absolute Gasteiger partial charge is 0.444 e. The number of likely N-dealkylation sites (tertiary alicyclic amines) is 1. The first-order valence-electron chi connectivity index (χ1n) is 10.8. The van der Waals surface area contributed by atoms with Crippen molar-refractivity contribution in [2.45, 2.75) is 59.1 Å². The molecule has 1 aliphatic rings. The summed E-state index contributed by atoms with van der Waals surface area (Å²) in [6.45, 7) is 10.1. The van der Waals surface area contributed by atoms with Crippen molar-refractivity contribution in [1.29, 1.82) is 5.26 Å². The summed E-state index contributed by atoms with van der Waals surface area (Å²) in [4.78, 5) is 26.4. The smallest absolute Gasteiger partial charge is 0.410 e. The lowest BCUT2D eigenvalue weighted by Gasteiger charge is -2.33. The van der Waals surface area contributed by atoms with Crippen molar-refractivity contribution >= 4 is 22.9 Å². The highest BCUT2D eigenvalue weighted by atomic mass is 16.6. The van der Waals surface area contributed by atoms with E-state index in [1.807, 2.05) is 50.7 Å². The molecular weight excluding hydrogens is 394 g/mol. The molecule has 1 aromatic heterocycles. The molecule has 0 spiro atoms. The van der Waals surface area contributed by atoms with Crippen LogP contribution in [-0.4, -0.2) is 51.9 Å². The molecule has 0 bridgehead atoms. The zero-order chi connectivity index (χ0) is 22.6. The lowest BCUT2D eigenvalue weighted by molar-refractivity contribution is 0.0177. The van der Waals surface area contributed by atoms with Crippen molar-refractivity contribution in [3.05, 3.63) is 29.5 Å². The normalized spacial score (nSPS) is 15.0. The van der Waals surface area contributed by atoms with E-state index in [0.717, 1.165) is 35.9 Å². The second-order valence-electron chi connectivity index (χ2n) is 9.10. The number of amides is 2. The summed E-state index contributed by atoms with van der Waals surface area (Å²) < 4.78 is 7.41. The minimum atomic E-state index is -0.480. The Morgan fingerprint density at radius 2 is 2.00 bits per heavy atom. The maximum Gasteiger partial charge on any atom is 0.410 e. The molecular formula is C23H31N5O3. The highest BCUT2D eigenvalue weighted by molar-refractivity contribution is 6.00. The van der Waals surface area contributed by atoms with Crippen molar-refractivity contribution in [2.24, 2.45) is 5.92 Å². The molecule has 2 amide bonds. The number of carbonyl (C=O) groups excluding carboxylic acids is 2. The van der Waals surface area contributed by atoms with Crippen LogP contribution in [0, 0.1) is 24.2 Å². The zero-order valence-electron chi connectivity index (χ0n) is 18.8. The summed E-state index contributed by atoms with van der Waals surface area (Å²) in [6.07, 6.45) is 3.85. The molecule has 1 aromatic carbocycles. The number of benzene rings is 1. The van der Waals surface area contributed by atoms with Gasteiger partial charge in [-0.15, -0.1) is 0 Å². The van der Waals surface area contributed by atoms with Crippen molar-refractivity contribution in [3.8, 4) is 6.07 Å². The first-order valence-corrected chi connectivity index (χ1v) is 10.8. The number of nitrogens with zero attached hydrogens (tertiary/aromatic N) is 4. The van der Waals surface area contributed by atoms with Gasteiger partial charge in [-0.3, -0.25) is 9.48 Å². The molecule has 1 fully saturated rings. The molecule has 2 heterocycles. The van der Waals surface area contributed by atoms with Crippen LogP contribution in [0.4, 0.5) is 4.79 Å². The van der Waals surface area contributed by atoms with Crippen LogP contribution < -0.4 is 5.32 Å². The average molecular weight is 426 g/mol. The number of hydrogen-bond acceptors (Lipinski definition) is 5. The third-order valence-corrected chi connectivity index (χ3v) is 5.48. The van der Waals surface area contributed by atoms with Gasteiger partial charge in [-0.1, -0.05) is 0 Å². The Hall–Kier alpha value is -3.08. The maximum absolute atomic E-state index is 12.4. The lowest BCUT2D eigenvalue weighted by Crippen LogP contribution is -2.42. The predicted molar refractivity (Wildman–Crippen MR) is 118 cm³/mol. The van der Waals surface area contributed by atoms with Gasteiger partial charge in [-0.05, 0) is 64.2 Å². The Morgan fingerprint density at radius 3 is 2.65 bits per heavy atom. The zero-order valence-corrected chi connectivity index (χ0v) is 18.8. The van der Waals surface area contributed by atoms with Gasteiger partial charge in [-0.25, -0.2) is 4.79 Å². The minimum Gasteiger partial charge on any atom is -0.444 e. The van der Waals surface area contributed by atoms with Crippen LogP contribution in [0.3, 0.4) is 0 Å². The Bertz CT molecular complexity index is 991. The summed E-state index contributed by atoms with van der Waals surface area (Å²) in [5.74, 6) is 0.263. The van der Waals surface area contributed by atoms with Gasteiger partial charge in [0.1, 0.15) is 5.60 Å². The number of nitriles is 1. The molecule has 8 heteroatoms. The summed E-state index contributed by atoms with van der Waals surface area (Å²) in [7, 11) is 0. The summed E-state index contributed by atoms with van der Waals surface area (Å²) in [5.41, 5.74) is 1.87. The highest BCUT2D eigenvalue weighted by Crippen LogP contribution is 2.24. The van der Waals surface area contributed by atoms with Gasteiger partial charge in [0.2, 0.25) is 0 Å². The van der Waals surface area contributed by atoms with Gasteiger partial charge in [0, 0.05) is 43.3 Å². The second kappa shape index (κ2) is 9.38. The molecule has 3 rings (SSSR count). The number of aryl methyl sites for hydroxylation is 1. The van der Waals surface area contributed by atoms with Crippen LogP contribution in [0.1, 0.15) is 56.0 Å². The maximum atomic E-state index is 12.4. The van der Waals surface area contributed by atoms with Crippen LogP contribution in [0.2, 0.25) is 0 Å². The fourth-order valence-corrected chi connectivity index (χ4v) is 3.84. The van der Waals surface area contributed by atoms with Crippen LogP contribution in [-0.2, 0) is 11.3 Å². The van der Waals surface area contributed by atoms with E-state index in [2.05, 4.69) is 10.4 Å². The van der Waals surface area contributed by atoms with Crippen molar-refractivity contribution < 1.29 is 14.3 Å². The molecule has 1 N–H and O–H groups in total. The predicted octanol–water partition coefficient (Wildman–Crippen LogP) is 3.64. The third kappa shape index (κ3) is 5.75. The van der Waals surface area contributed by atoms with E-state index < -0.39 is 5.60 Å². The first kappa shape index (κ1) is 22.6. The molecule has 0 atom stereocenters. The van der Waals surface area contributed by atoms with E-state index >= 15 is 0 Å². The summed E-state index contributed by atoms with van der Waals surface area (Å²) in [5, 5.41) is 17.0. The van der Waals surface area contributed by atoms with Gasteiger partial charge < -0.3 is 15.0 Å².